The van der Waals surface area contributed by atoms with Crippen molar-refractivity contribution in [3.8, 4) is 0 Å². The molecule has 1 aliphatic heterocycles. The van der Waals surface area contributed by atoms with Crippen LogP contribution in [-0.2, 0) is 9.53 Å². The number of nitrogens with two attached hydrogens (primary N) is 1. The van der Waals surface area contributed by atoms with E-state index in [1.807, 2.05) is 0 Å². The van der Waals surface area contributed by atoms with Crippen molar-refractivity contribution in [1.82, 2.24) is 10.2 Å². The summed E-state index contributed by atoms with van der Waals surface area (Å²) in [5.41, 5.74) is 5.77. The highest BCUT2D eigenvalue weighted by atomic mass is 16.5. The van der Waals surface area contributed by atoms with Crippen molar-refractivity contribution < 1.29 is 9.53 Å². The van der Waals surface area contributed by atoms with Gasteiger partial charge >= 0.3 is 0 Å². The lowest BCUT2D eigenvalue weighted by Gasteiger charge is -2.37. The fourth-order valence-corrected chi connectivity index (χ4v) is 2.42. The van der Waals surface area contributed by atoms with Crippen LogP contribution in [0.5, 0.6) is 0 Å². The molecule has 2 atom stereocenters. The van der Waals surface area contributed by atoms with Gasteiger partial charge in [0.2, 0.25) is 5.91 Å². The maximum Gasteiger partial charge on any atom is 0.234 e. The fourth-order valence-electron chi connectivity index (χ4n) is 2.42. The molecular formula is C12H23N3O2. The zero-order valence-electron chi connectivity index (χ0n) is 10.5. The fraction of sp³-hybridized carbons (Fsp3) is 0.917. The number of likely N-dealkylation sites (tertiary alicyclic amines) is 1. The third kappa shape index (κ3) is 3.66. The summed E-state index contributed by atoms with van der Waals surface area (Å²) < 4.78 is 5.37. The summed E-state index contributed by atoms with van der Waals surface area (Å²) in [5, 5.41) is 3.02. The van der Waals surface area contributed by atoms with Gasteiger partial charge in [-0.3, -0.25) is 9.69 Å². The Morgan fingerprint density at radius 1 is 1.47 bits per heavy atom. The maximum atomic E-state index is 11.7. The van der Waals surface area contributed by atoms with Gasteiger partial charge in [-0.15, -0.1) is 0 Å². The lowest BCUT2D eigenvalue weighted by Crippen LogP contribution is -2.51. The van der Waals surface area contributed by atoms with Gasteiger partial charge in [0.05, 0.1) is 12.6 Å². The molecule has 0 aromatic carbocycles. The first-order valence-electron chi connectivity index (χ1n) is 6.49. The molecule has 0 aromatic heterocycles. The van der Waals surface area contributed by atoms with Crippen molar-refractivity contribution >= 4 is 5.91 Å². The molecule has 2 unspecified atom stereocenters. The quantitative estimate of drug-likeness (QED) is 0.693. The van der Waals surface area contributed by atoms with Gasteiger partial charge in [-0.25, -0.2) is 0 Å². The Morgan fingerprint density at radius 3 is 2.82 bits per heavy atom. The number of piperidine rings is 1. The lowest BCUT2D eigenvalue weighted by atomic mass is 9.99. The predicted molar refractivity (Wildman–Crippen MR) is 65.6 cm³/mol. The van der Waals surface area contributed by atoms with Crippen LogP contribution in [0.25, 0.3) is 0 Å². The molecule has 1 amide bonds. The maximum absolute atomic E-state index is 11.7. The van der Waals surface area contributed by atoms with Crippen LogP contribution in [0.15, 0.2) is 0 Å². The number of hydrogen-bond donors (Lipinski definition) is 2. The van der Waals surface area contributed by atoms with Gasteiger partial charge in [0.15, 0.2) is 0 Å². The van der Waals surface area contributed by atoms with Crippen LogP contribution in [0.4, 0.5) is 0 Å². The van der Waals surface area contributed by atoms with E-state index in [0.29, 0.717) is 25.2 Å². The Balaban J connectivity index is 1.79. The Morgan fingerprint density at radius 2 is 2.24 bits per heavy atom. The van der Waals surface area contributed by atoms with Crippen LogP contribution in [0.1, 0.15) is 25.7 Å². The molecule has 5 heteroatoms. The summed E-state index contributed by atoms with van der Waals surface area (Å²) >= 11 is 0. The minimum absolute atomic E-state index is 0.141. The van der Waals surface area contributed by atoms with Crippen LogP contribution in [0.2, 0.25) is 0 Å². The summed E-state index contributed by atoms with van der Waals surface area (Å²) in [6, 6.07) is 0.717. The molecule has 1 aliphatic carbocycles. The molecule has 0 bridgehead atoms. The molecule has 1 heterocycles. The standard InChI is InChI=1S/C12H23N3O2/c1-17-11-4-5-15(10(6-11)7-13)8-12(16)14-9-2-3-9/h9-11H,2-8,13H2,1H3,(H,14,16). The van der Waals surface area contributed by atoms with Crippen molar-refractivity contribution in [1.29, 1.82) is 0 Å². The molecule has 1 saturated carbocycles. The van der Waals surface area contributed by atoms with E-state index < -0.39 is 0 Å². The van der Waals surface area contributed by atoms with Gasteiger partial charge in [-0.1, -0.05) is 0 Å². The first-order valence-corrected chi connectivity index (χ1v) is 6.49. The van der Waals surface area contributed by atoms with Gasteiger partial charge in [-0.2, -0.15) is 0 Å². The molecule has 0 aromatic rings. The van der Waals surface area contributed by atoms with Crippen LogP contribution < -0.4 is 11.1 Å². The van der Waals surface area contributed by atoms with Crippen molar-refractivity contribution in [2.75, 3.05) is 26.7 Å². The first-order chi connectivity index (χ1) is 8.22. The highest BCUT2D eigenvalue weighted by Crippen LogP contribution is 2.20. The number of nitrogens with one attached hydrogen (secondary N) is 1. The molecule has 1 saturated heterocycles. The Kier molecular flexibility index (Phi) is 4.36. The summed E-state index contributed by atoms with van der Waals surface area (Å²) in [7, 11) is 1.74. The number of amides is 1. The first kappa shape index (κ1) is 12.8. The molecule has 2 aliphatic rings. The van der Waals surface area contributed by atoms with Crippen LogP contribution in [0.3, 0.4) is 0 Å². The highest BCUT2D eigenvalue weighted by Gasteiger charge is 2.30. The Labute approximate surface area is 103 Å². The van der Waals surface area contributed by atoms with Gasteiger partial charge < -0.3 is 15.8 Å². The minimum atomic E-state index is 0.141. The second-order valence-corrected chi connectivity index (χ2v) is 5.08. The number of nitrogens with zero attached hydrogens (tertiary/aromatic N) is 1. The number of carbonyl (C=O) groups is 1. The average molecular weight is 241 g/mol. The monoisotopic (exact) mass is 241 g/mol. The van der Waals surface area contributed by atoms with E-state index in [4.69, 9.17) is 10.5 Å². The minimum Gasteiger partial charge on any atom is -0.381 e. The molecule has 98 valence electrons. The van der Waals surface area contributed by atoms with E-state index in [1.54, 1.807) is 7.11 Å². The molecular weight excluding hydrogens is 218 g/mol. The molecule has 5 nitrogen and oxygen atoms in total. The summed E-state index contributed by atoms with van der Waals surface area (Å²) in [6.45, 7) is 1.98. The topological polar surface area (TPSA) is 67.6 Å². The zero-order valence-corrected chi connectivity index (χ0v) is 10.5. The Hall–Kier alpha value is -0.650. The molecule has 17 heavy (non-hydrogen) atoms. The Bertz CT molecular complexity index is 268. The smallest absolute Gasteiger partial charge is 0.234 e. The summed E-state index contributed by atoms with van der Waals surface area (Å²) in [6.07, 6.45) is 4.49. The van der Waals surface area contributed by atoms with Crippen molar-refractivity contribution in [2.45, 2.75) is 43.9 Å². The van der Waals surface area contributed by atoms with Gasteiger partial charge in [0, 0.05) is 32.3 Å². The predicted octanol–water partition coefficient (Wildman–Crippen LogP) is -0.297. The van der Waals surface area contributed by atoms with E-state index in [-0.39, 0.29) is 11.9 Å². The zero-order chi connectivity index (χ0) is 12.3. The molecule has 2 rings (SSSR count). The van der Waals surface area contributed by atoms with E-state index >= 15 is 0 Å². The number of carbonyl (C=O) groups excluding carboxylic acids is 1. The average Bonchev–Trinajstić information content (AvgIpc) is 3.13. The number of hydrogen-bond acceptors (Lipinski definition) is 4. The van der Waals surface area contributed by atoms with Gasteiger partial charge in [0.1, 0.15) is 0 Å². The summed E-state index contributed by atoms with van der Waals surface area (Å²) in [4.78, 5) is 13.9. The van der Waals surface area contributed by atoms with E-state index in [0.717, 1.165) is 32.2 Å². The molecule has 0 radical (unpaired) electrons. The number of methoxy groups -OCH3 is 1. The molecule has 3 N–H and O–H groups in total. The SMILES string of the molecule is COC1CCN(CC(=O)NC2CC2)C(CN)C1. The van der Waals surface area contributed by atoms with Gasteiger partial charge in [0.25, 0.3) is 0 Å². The summed E-state index contributed by atoms with van der Waals surface area (Å²) in [5.74, 6) is 0.141. The van der Waals surface area contributed by atoms with Gasteiger partial charge in [-0.05, 0) is 25.7 Å². The van der Waals surface area contributed by atoms with Crippen molar-refractivity contribution in [3.05, 3.63) is 0 Å². The van der Waals surface area contributed by atoms with Crippen molar-refractivity contribution in [3.63, 3.8) is 0 Å². The van der Waals surface area contributed by atoms with Crippen LogP contribution in [0, 0.1) is 0 Å². The molecule has 2 fully saturated rings. The third-order valence-electron chi connectivity index (χ3n) is 3.68. The largest absolute Gasteiger partial charge is 0.381 e. The number of ether oxygens (including phenoxy) is 1. The normalized spacial score (nSPS) is 30.2. The second kappa shape index (κ2) is 5.80. The molecule has 0 spiro atoms. The number of rotatable bonds is 5. The van der Waals surface area contributed by atoms with Crippen LogP contribution >= 0.6 is 0 Å². The van der Waals surface area contributed by atoms with E-state index in [1.165, 1.54) is 0 Å². The highest BCUT2D eigenvalue weighted by molar-refractivity contribution is 5.78. The lowest BCUT2D eigenvalue weighted by molar-refractivity contribution is -0.123. The third-order valence-corrected chi connectivity index (χ3v) is 3.68. The van der Waals surface area contributed by atoms with E-state index in [2.05, 4.69) is 10.2 Å². The van der Waals surface area contributed by atoms with E-state index in [9.17, 15) is 4.79 Å². The van der Waals surface area contributed by atoms with Crippen LogP contribution in [-0.4, -0.2) is 55.7 Å². The van der Waals surface area contributed by atoms with Crippen molar-refractivity contribution in [2.24, 2.45) is 5.73 Å². The second-order valence-electron chi connectivity index (χ2n) is 5.08.